The van der Waals surface area contributed by atoms with Crippen LogP contribution in [0.15, 0.2) is 84.0 Å². The number of hydrogen-bond acceptors (Lipinski definition) is 7. The summed E-state index contributed by atoms with van der Waals surface area (Å²) in [4.78, 5) is 24.8. The molecule has 0 saturated heterocycles. The molecule has 0 aliphatic heterocycles. The van der Waals surface area contributed by atoms with Crippen molar-refractivity contribution in [3.63, 3.8) is 0 Å². The van der Waals surface area contributed by atoms with Crippen molar-refractivity contribution in [2.24, 2.45) is 5.10 Å². The van der Waals surface area contributed by atoms with Gasteiger partial charge in [0.1, 0.15) is 17.5 Å². The third-order valence-electron chi connectivity index (χ3n) is 4.98. The normalized spacial score (nSPS) is 12.1. The number of rotatable bonds is 10. The molecule has 1 N–H and O–H groups in total. The molecule has 0 spiro atoms. The van der Waals surface area contributed by atoms with E-state index in [9.17, 15) is 18.0 Å². The van der Waals surface area contributed by atoms with E-state index in [0.717, 1.165) is 10.6 Å². The average Bonchev–Trinajstić information content (AvgIpc) is 2.86. The van der Waals surface area contributed by atoms with Crippen LogP contribution in [0.4, 0.5) is 5.69 Å². The highest BCUT2D eigenvalue weighted by molar-refractivity contribution is 7.92. The summed E-state index contributed by atoms with van der Waals surface area (Å²) in [5.74, 6) is -0.129. The number of carbonyl (C=O) groups excluding carboxylic acids is 2. The van der Waals surface area contributed by atoms with Gasteiger partial charge in [0.25, 0.3) is 5.91 Å². The van der Waals surface area contributed by atoms with Crippen molar-refractivity contribution in [1.29, 1.82) is 0 Å². The molecule has 0 aliphatic rings. The molecular weight excluding hydrogens is 482 g/mol. The largest absolute Gasteiger partial charge is 0.494 e. The molecule has 0 fully saturated rings. The molecule has 1 amide bonds. The summed E-state index contributed by atoms with van der Waals surface area (Å²) in [5.41, 5.74) is 3.77. The lowest BCUT2D eigenvalue weighted by Gasteiger charge is -2.27. The maximum absolute atomic E-state index is 12.7. The quantitative estimate of drug-likeness (QED) is 0.193. The molecule has 0 bridgehead atoms. The fourth-order valence-corrected chi connectivity index (χ4v) is 4.47. The number of nitrogens with zero attached hydrogens (tertiary/aromatic N) is 2. The number of carbonyl (C=O) groups is 2. The molecule has 0 radical (unpaired) electrons. The lowest BCUT2D eigenvalue weighted by atomic mass is 10.2. The van der Waals surface area contributed by atoms with Gasteiger partial charge >= 0.3 is 5.97 Å². The summed E-state index contributed by atoms with van der Waals surface area (Å²) in [6.45, 7) is 3.80. The zero-order valence-corrected chi connectivity index (χ0v) is 20.9. The minimum Gasteiger partial charge on any atom is -0.494 e. The second kappa shape index (κ2) is 12.0. The van der Waals surface area contributed by atoms with Gasteiger partial charge in [-0.15, -0.1) is 0 Å². The molecule has 10 heteroatoms. The van der Waals surface area contributed by atoms with Crippen LogP contribution < -0.4 is 19.2 Å². The zero-order valence-electron chi connectivity index (χ0n) is 20.1. The SMILES string of the molecule is CCOc1ccc(N(C(C)C(=O)N/N=C/c2ccc(OC(=O)c3ccccc3)cc2)S(C)(=O)=O)cc1. The van der Waals surface area contributed by atoms with Crippen LogP contribution in [0.5, 0.6) is 11.5 Å². The molecule has 0 aromatic heterocycles. The van der Waals surface area contributed by atoms with Crippen LogP contribution in [-0.4, -0.2) is 45.4 Å². The number of nitrogens with one attached hydrogen (secondary N) is 1. The number of anilines is 1. The van der Waals surface area contributed by atoms with Crippen molar-refractivity contribution < 1.29 is 27.5 Å². The fourth-order valence-electron chi connectivity index (χ4n) is 3.29. The maximum Gasteiger partial charge on any atom is 0.343 e. The number of hydrazone groups is 1. The third kappa shape index (κ3) is 7.16. The van der Waals surface area contributed by atoms with Gasteiger partial charge in [0, 0.05) is 0 Å². The van der Waals surface area contributed by atoms with Crippen molar-refractivity contribution in [3.8, 4) is 11.5 Å². The molecule has 1 unspecified atom stereocenters. The van der Waals surface area contributed by atoms with E-state index in [1.165, 1.54) is 13.1 Å². The van der Waals surface area contributed by atoms with Crippen molar-refractivity contribution in [1.82, 2.24) is 5.43 Å². The lowest BCUT2D eigenvalue weighted by Crippen LogP contribution is -2.46. The molecule has 36 heavy (non-hydrogen) atoms. The smallest absolute Gasteiger partial charge is 0.343 e. The molecule has 3 aromatic carbocycles. The average molecular weight is 510 g/mol. The highest BCUT2D eigenvalue weighted by Crippen LogP contribution is 2.24. The Kier molecular flexibility index (Phi) is 8.80. The van der Waals surface area contributed by atoms with Gasteiger partial charge in [-0.05, 0) is 80.1 Å². The van der Waals surface area contributed by atoms with Crippen LogP contribution in [0.3, 0.4) is 0 Å². The number of amides is 1. The summed E-state index contributed by atoms with van der Waals surface area (Å²) in [7, 11) is -3.76. The Morgan fingerprint density at radius 2 is 1.58 bits per heavy atom. The second-order valence-electron chi connectivity index (χ2n) is 7.72. The monoisotopic (exact) mass is 509 g/mol. The molecule has 0 saturated carbocycles. The van der Waals surface area contributed by atoms with E-state index in [4.69, 9.17) is 9.47 Å². The first-order chi connectivity index (χ1) is 17.2. The van der Waals surface area contributed by atoms with Gasteiger partial charge in [0.05, 0.1) is 30.3 Å². The maximum atomic E-state index is 12.7. The molecule has 0 heterocycles. The predicted octanol–water partition coefficient (Wildman–Crippen LogP) is 3.61. The molecule has 9 nitrogen and oxygen atoms in total. The van der Waals surface area contributed by atoms with E-state index < -0.39 is 27.9 Å². The van der Waals surface area contributed by atoms with Gasteiger partial charge < -0.3 is 9.47 Å². The van der Waals surface area contributed by atoms with Crippen LogP contribution in [0.2, 0.25) is 0 Å². The van der Waals surface area contributed by atoms with Crippen LogP contribution in [0, 0.1) is 0 Å². The topological polar surface area (TPSA) is 114 Å². The molecule has 188 valence electrons. The Hall–Kier alpha value is -4.18. The van der Waals surface area contributed by atoms with Crippen LogP contribution in [0.25, 0.3) is 0 Å². The van der Waals surface area contributed by atoms with E-state index in [-0.39, 0.29) is 0 Å². The van der Waals surface area contributed by atoms with Gasteiger partial charge in [-0.3, -0.25) is 9.10 Å². The zero-order chi connectivity index (χ0) is 26.1. The van der Waals surface area contributed by atoms with Gasteiger partial charge in [0.15, 0.2) is 0 Å². The summed E-state index contributed by atoms with van der Waals surface area (Å²) in [5, 5.41) is 3.92. The Morgan fingerprint density at radius 3 is 2.17 bits per heavy atom. The summed E-state index contributed by atoms with van der Waals surface area (Å²) in [6.07, 6.45) is 2.43. The van der Waals surface area contributed by atoms with E-state index in [1.807, 2.05) is 13.0 Å². The predicted molar refractivity (Wildman–Crippen MR) is 138 cm³/mol. The number of ether oxygens (including phenoxy) is 2. The highest BCUT2D eigenvalue weighted by atomic mass is 32.2. The first-order valence-corrected chi connectivity index (χ1v) is 13.0. The second-order valence-corrected chi connectivity index (χ2v) is 9.58. The fraction of sp³-hybridized carbons (Fsp3) is 0.192. The van der Waals surface area contributed by atoms with Crippen molar-refractivity contribution >= 4 is 33.8 Å². The van der Waals surface area contributed by atoms with Gasteiger partial charge in [0.2, 0.25) is 10.0 Å². The Bertz CT molecular complexity index is 1310. The van der Waals surface area contributed by atoms with Crippen LogP contribution in [0.1, 0.15) is 29.8 Å². The minimum atomic E-state index is -3.76. The van der Waals surface area contributed by atoms with E-state index >= 15 is 0 Å². The third-order valence-corrected chi connectivity index (χ3v) is 6.22. The number of hydrogen-bond donors (Lipinski definition) is 1. The number of esters is 1. The first kappa shape index (κ1) is 26.4. The summed E-state index contributed by atoms with van der Waals surface area (Å²) >= 11 is 0. The Labute approximate surface area is 210 Å². The summed E-state index contributed by atoms with van der Waals surface area (Å²) in [6, 6.07) is 20.5. The standard InChI is InChI=1S/C26H27N3O6S/c1-4-34-23-16-12-22(13-17-23)29(36(3,32)33)19(2)25(30)28-27-18-20-10-14-24(15-11-20)35-26(31)21-8-6-5-7-9-21/h5-19H,4H2,1-3H3,(H,28,30)/b27-18+. The number of benzene rings is 3. The van der Waals surface area contributed by atoms with E-state index in [0.29, 0.717) is 34.9 Å². The Balaban J connectivity index is 1.62. The lowest BCUT2D eigenvalue weighted by molar-refractivity contribution is -0.121. The van der Waals surface area contributed by atoms with E-state index in [1.54, 1.807) is 72.8 Å². The minimum absolute atomic E-state index is 0.327. The van der Waals surface area contributed by atoms with Gasteiger partial charge in [-0.1, -0.05) is 18.2 Å². The Morgan fingerprint density at radius 1 is 0.972 bits per heavy atom. The van der Waals surface area contributed by atoms with Crippen molar-refractivity contribution in [3.05, 3.63) is 90.0 Å². The first-order valence-electron chi connectivity index (χ1n) is 11.1. The molecular formula is C26H27N3O6S. The molecule has 1 atom stereocenters. The van der Waals surface area contributed by atoms with Crippen molar-refractivity contribution in [2.75, 3.05) is 17.2 Å². The molecule has 3 aromatic rings. The molecule has 0 aliphatic carbocycles. The van der Waals surface area contributed by atoms with Gasteiger partial charge in [-0.25, -0.2) is 18.6 Å². The van der Waals surface area contributed by atoms with Crippen molar-refractivity contribution in [2.45, 2.75) is 19.9 Å². The van der Waals surface area contributed by atoms with E-state index in [2.05, 4.69) is 10.5 Å². The number of sulfonamides is 1. The van der Waals surface area contributed by atoms with Crippen LogP contribution in [-0.2, 0) is 14.8 Å². The van der Waals surface area contributed by atoms with Crippen LogP contribution >= 0.6 is 0 Å². The summed E-state index contributed by atoms with van der Waals surface area (Å²) < 4.78 is 36.6. The highest BCUT2D eigenvalue weighted by Gasteiger charge is 2.29. The van der Waals surface area contributed by atoms with Gasteiger partial charge in [-0.2, -0.15) is 5.10 Å². The molecule has 3 rings (SSSR count).